The zero-order chi connectivity index (χ0) is 6.69. The first-order valence-electron chi connectivity index (χ1n) is 3.14. The Hall–Kier alpha value is -0.410. The Kier molecular flexibility index (Phi) is 2.19. The molecule has 0 saturated carbocycles. The fourth-order valence-electron chi connectivity index (χ4n) is 1.06. The van der Waals surface area contributed by atoms with Gasteiger partial charge in [0.05, 0.1) is 0 Å². The summed E-state index contributed by atoms with van der Waals surface area (Å²) in [7, 11) is 0. The van der Waals surface area contributed by atoms with Crippen LogP contribution in [0.15, 0.2) is 0 Å². The van der Waals surface area contributed by atoms with Crippen molar-refractivity contribution in [2.24, 2.45) is 0 Å². The molecule has 1 radical (unpaired) electrons. The smallest absolute Gasteiger partial charge is 0.246 e. The van der Waals surface area contributed by atoms with E-state index in [1.165, 1.54) is 6.29 Å². The molecule has 1 atom stereocenters. The van der Waals surface area contributed by atoms with Crippen LogP contribution in [0.2, 0.25) is 0 Å². The monoisotopic (exact) mass is 128 g/mol. The maximum absolute atomic E-state index is 9.88. The molecule has 1 fully saturated rings. The van der Waals surface area contributed by atoms with E-state index in [1.807, 2.05) is 0 Å². The zero-order valence-corrected chi connectivity index (χ0v) is 5.21. The third-order valence-corrected chi connectivity index (χ3v) is 1.59. The van der Waals surface area contributed by atoms with E-state index in [0.717, 1.165) is 25.9 Å². The molecule has 0 aromatic heterocycles. The minimum absolute atomic E-state index is 0.830. The molecule has 9 heavy (non-hydrogen) atoms. The third-order valence-electron chi connectivity index (χ3n) is 1.59. The van der Waals surface area contributed by atoms with Crippen LogP contribution < -0.4 is 0 Å². The Morgan fingerprint density at radius 3 is 2.44 bits per heavy atom. The highest BCUT2D eigenvalue weighted by Crippen LogP contribution is 2.08. The molecule has 0 aromatic carbocycles. The van der Waals surface area contributed by atoms with Crippen LogP contribution in [0, 0.1) is 0 Å². The summed E-state index contributed by atoms with van der Waals surface area (Å²) in [6.07, 6.45) is 2.72. The van der Waals surface area contributed by atoms with E-state index < -0.39 is 6.23 Å². The summed E-state index contributed by atoms with van der Waals surface area (Å²) in [4.78, 5) is 11.6. The van der Waals surface area contributed by atoms with Crippen LogP contribution in [-0.2, 0) is 4.79 Å². The minimum Gasteiger partial charge on any atom is -0.371 e. The molecule has 1 unspecified atom stereocenters. The van der Waals surface area contributed by atoms with Gasteiger partial charge in [-0.15, -0.1) is 0 Å². The second kappa shape index (κ2) is 2.94. The topological polar surface area (TPSA) is 40.5 Å². The van der Waals surface area contributed by atoms with E-state index >= 15 is 0 Å². The molecule has 0 aromatic rings. The standard InChI is InChI=1S/C6H10NO2/c8-5-6(9)7-3-1-2-4-7/h6,9H,1-4H2. The Labute approximate surface area is 54.3 Å². The predicted molar refractivity (Wildman–Crippen MR) is 32.5 cm³/mol. The van der Waals surface area contributed by atoms with Crippen molar-refractivity contribution in [1.29, 1.82) is 0 Å². The molecule has 1 aliphatic rings. The number of hydrogen-bond acceptors (Lipinski definition) is 3. The highest BCUT2D eigenvalue weighted by Gasteiger charge is 2.18. The van der Waals surface area contributed by atoms with Crippen LogP contribution in [-0.4, -0.2) is 35.6 Å². The van der Waals surface area contributed by atoms with Gasteiger partial charge in [-0.2, -0.15) is 0 Å². The summed E-state index contributed by atoms with van der Waals surface area (Å²) in [5.74, 6) is 0. The van der Waals surface area contributed by atoms with Crippen LogP contribution in [0.1, 0.15) is 12.8 Å². The lowest BCUT2D eigenvalue weighted by molar-refractivity contribution is 0.0752. The lowest BCUT2D eigenvalue weighted by atomic mass is 10.4. The number of nitrogens with zero attached hydrogens (tertiary/aromatic N) is 1. The quantitative estimate of drug-likeness (QED) is 0.545. The average Bonchev–Trinajstić information content (AvgIpc) is 2.37. The predicted octanol–water partition coefficient (Wildman–Crippen LogP) is -0.490. The van der Waals surface area contributed by atoms with Gasteiger partial charge >= 0.3 is 0 Å². The Morgan fingerprint density at radius 2 is 2.00 bits per heavy atom. The lowest BCUT2D eigenvalue weighted by Gasteiger charge is -2.14. The van der Waals surface area contributed by atoms with Crippen molar-refractivity contribution in [2.75, 3.05) is 13.1 Å². The number of rotatable bonds is 2. The van der Waals surface area contributed by atoms with Gasteiger partial charge in [0.25, 0.3) is 0 Å². The van der Waals surface area contributed by atoms with Gasteiger partial charge in [-0.05, 0) is 12.8 Å². The molecule has 0 bridgehead atoms. The van der Waals surface area contributed by atoms with Crippen molar-refractivity contribution in [3.05, 3.63) is 0 Å². The maximum atomic E-state index is 9.88. The van der Waals surface area contributed by atoms with E-state index in [2.05, 4.69) is 0 Å². The number of aliphatic hydroxyl groups excluding tert-OH is 1. The first-order chi connectivity index (χ1) is 4.34. The fourth-order valence-corrected chi connectivity index (χ4v) is 1.06. The first-order valence-corrected chi connectivity index (χ1v) is 3.14. The van der Waals surface area contributed by atoms with Crippen LogP contribution in [0.4, 0.5) is 0 Å². The molecule has 3 heteroatoms. The number of likely N-dealkylation sites (tertiary alicyclic amines) is 1. The van der Waals surface area contributed by atoms with Gasteiger partial charge in [-0.25, -0.2) is 0 Å². The molecule has 1 rings (SSSR count). The van der Waals surface area contributed by atoms with E-state index in [1.54, 1.807) is 4.90 Å². The van der Waals surface area contributed by atoms with E-state index in [-0.39, 0.29) is 0 Å². The first kappa shape index (κ1) is 6.71. The van der Waals surface area contributed by atoms with Crippen LogP contribution in [0.3, 0.4) is 0 Å². The molecule has 1 saturated heterocycles. The normalized spacial score (nSPS) is 24.1. The molecule has 51 valence electrons. The van der Waals surface area contributed by atoms with Crippen molar-refractivity contribution in [3.63, 3.8) is 0 Å². The zero-order valence-electron chi connectivity index (χ0n) is 5.21. The minimum atomic E-state index is -0.979. The molecule has 1 aliphatic heterocycles. The molecule has 1 N–H and O–H groups in total. The number of hydrogen-bond donors (Lipinski definition) is 1. The summed E-state index contributed by atoms with van der Waals surface area (Å²) in [5.41, 5.74) is 0. The number of aliphatic hydroxyl groups is 1. The lowest BCUT2D eigenvalue weighted by Crippen LogP contribution is -2.33. The van der Waals surface area contributed by atoms with Crippen molar-refractivity contribution >= 4 is 6.29 Å². The molecular weight excluding hydrogens is 118 g/mol. The molecule has 0 spiro atoms. The summed E-state index contributed by atoms with van der Waals surface area (Å²) in [5, 5.41) is 8.86. The summed E-state index contributed by atoms with van der Waals surface area (Å²) in [6.45, 7) is 1.66. The van der Waals surface area contributed by atoms with Crippen molar-refractivity contribution < 1.29 is 9.90 Å². The summed E-state index contributed by atoms with van der Waals surface area (Å²) in [6, 6.07) is 0. The Morgan fingerprint density at radius 1 is 1.44 bits per heavy atom. The van der Waals surface area contributed by atoms with Gasteiger partial charge in [-0.1, -0.05) is 0 Å². The van der Waals surface area contributed by atoms with Gasteiger partial charge in [0.2, 0.25) is 6.29 Å². The van der Waals surface area contributed by atoms with E-state index in [4.69, 9.17) is 5.11 Å². The average molecular weight is 128 g/mol. The van der Waals surface area contributed by atoms with E-state index in [0.29, 0.717) is 0 Å². The number of carbonyl (C=O) groups excluding carboxylic acids is 1. The van der Waals surface area contributed by atoms with Gasteiger partial charge in [0, 0.05) is 13.1 Å². The molecular formula is C6H10NO2. The molecule has 0 amide bonds. The fraction of sp³-hybridized carbons (Fsp3) is 0.833. The summed E-state index contributed by atoms with van der Waals surface area (Å²) < 4.78 is 0. The van der Waals surface area contributed by atoms with Gasteiger partial charge in [0.15, 0.2) is 6.23 Å². The third kappa shape index (κ3) is 1.50. The van der Waals surface area contributed by atoms with Crippen LogP contribution in [0.25, 0.3) is 0 Å². The van der Waals surface area contributed by atoms with Crippen LogP contribution in [0.5, 0.6) is 0 Å². The SMILES string of the molecule is O=[C]C(O)N1CCCC1. The van der Waals surface area contributed by atoms with Gasteiger partial charge < -0.3 is 5.11 Å². The highest BCUT2D eigenvalue weighted by molar-refractivity contribution is 5.55. The van der Waals surface area contributed by atoms with E-state index in [9.17, 15) is 4.79 Å². The Bertz CT molecular complexity index is 99.2. The van der Waals surface area contributed by atoms with Crippen molar-refractivity contribution in [2.45, 2.75) is 19.1 Å². The second-order valence-corrected chi connectivity index (χ2v) is 2.23. The van der Waals surface area contributed by atoms with Crippen molar-refractivity contribution in [3.8, 4) is 0 Å². The molecule has 1 heterocycles. The molecule has 0 aliphatic carbocycles. The van der Waals surface area contributed by atoms with Gasteiger partial charge in [-0.3, -0.25) is 9.69 Å². The van der Waals surface area contributed by atoms with Gasteiger partial charge in [0.1, 0.15) is 0 Å². The Balaban J connectivity index is 2.32. The summed E-state index contributed by atoms with van der Waals surface area (Å²) >= 11 is 0. The maximum Gasteiger partial charge on any atom is 0.246 e. The highest BCUT2D eigenvalue weighted by atomic mass is 16.3. The van der Waals surface area contributed by atoms with Crippen LogP contribution >= 0.6 is 0 Å². The largest absolute Gasteiger partial charge is 0.371 e. The second-order valence-electron chi connectivity index (χ2n) is 2.23. The molecule has 3 nitrogen and oxygen atoms in total. The van der Waals surface area contributed by atoms with Crippen molar-refractivity contribution in [1.82, 2.24) is 4.90 Å².